The molecule has 0 aliphatic rings. The van der Waals surface area contributed by atoms with Gasteiger partial charge in [-0.3, -0.25) is 0 Å². The molecule has 0 bridgehead atoms. The van der Waals surface area contributed by atoms with Gasteiger partial charge in [-0.2, -0.15) is 0 Å². The van der Waals surface area contributed by atoms with Crippen molar-refractivity contribution in [1.29, 1.82) is 0 Å². The van der Waals surface area contributed by atoms with Gasteiger partial charge in [-0.1, -0.05) is 23.2 Å². The van der Waals surface area contributed by atoms with Crippen LogP contribution in [0.25, 0.3) is 0 Å². The Morgan fingerprint density at radius 1 is 1.30 bits per heavy atom. The SMILES string of the molecule is Fc1cc(Cl)cc(Cl)c1Br. The molecule has 0 aliphatic carbocycles. The lowest BCUT2D eigenvalue weighted by molar-refractivity contribution is 0.621. The second-order valence-electron chi connectivity index (χ2n) is 1.68. The normalized spacial score (nSPS) is 10.0. The summed E-state index contributed by atoms with van der Waals surface area (Å²) in [5.41, 5.74) is 0. The van der Waals surface area contributed by atoms with Gasteiger partial charge in [0.1, 0.15) is 5.82 Å². The van der Waals surface area contributed by atoms with E-state index in [1.165, 1.54) is 12.1 Å². The minimum atomic E-state index is -0.447. The standard InChI is InChI=1S/C6H2BrCl2F/c7-6-4(9)1-3(8)2-5(6)10/h1-2H. The molecule has 0 nitrogen and oxygen atoms in total. The number of rotatable bonds is 0. The molecule has 0 N–H and O–H groups in total. The van der Waals surface area contributed by atoms with Crippen molar-refractivity contribution < 1.29 is 4.39 Å². The van der Waals surface area contributed by atoms with Gasteiger partial charge < -0.3 is 0 Å². The first-order valence-electron chi connectivity index (χ1n) is 2.41. The largest absolute Gasteiger partial charge is 0.206 e. The van der Waals surface area contributed by atoms with Crippen LogP contribution in [-0.4, -0.2) is 0 Å². The summed E-state index contributed by atoms with van der Waals surface area (Å²) >= 11 is 14.0. The Kier molecular flexibility index (Phi) is 2.55. The smallest absolute Gasteiger partial charge is 0.140 e. The second-order valence-corrected chi connectivity index (χ2v) is 3.32. The Balaban J connectivity index is 3.31. The molecule has 0 fully saturated rings. The Bertz CT molecular complexity index is 239. The Hall–Kier alpha value is 0.210. The zero-order valence-electron chi connectivity index (χ0n) is 4.67. The van der Waals surface area contributed by atoms with Crippen molar-refractivity contribution in [3.63, 3.8) is 0 Å². The fourth-order valence-electron chi connectivity index (χ4n) is 0.525. The van der Waals surface area contributed by atoms with Crippen LogP contribution in [0.4, 0.5) is 4.39 Å². The van der Waals surface area contributed by atoms with Crippen LogP contribution in [0, 0.1) is 5.82 Å². The van der Waals surface area contributed by atoms with E-state index in [2.05, 4.69) is 15.9 Å². The minimum absolute atomic E-state index is 0.249. The minimum Gasteiger partial charge on any atom is -0.206 e. The molecule has 0 saturated heterocycles. The summed E-state index contributed by atoms with van der Waals surface area (Å²) in [4.78, 5) is 0. The zero-order valence-corrected chi connectivity index (χ0v) is 7.76. The third-order valence-electron chi connectivity index (χ3n) is 0.949. The summed E-state index contributed by atoms with van der Waals surface area (Å²) in [5, 5.41) is 0.579. The van der Waals surface area contributed by atoms with E-state index in [-0.39, 0.29) is 9.50 Å². The first kappa shape index (κ1) is 8.31. The first-order chi connectivity index (χ1) is 4.61. The summed E-state index contributed by atoms with van der Waals surface area (Å²) in [6, 6.07) is 2.66. The summed E-state index contributed by atoms with van der Waals surface area (Å²) < 4.78 is 12.9. The third-order valence-corrected chi connectivity index (χ3v) is 2.50. The van der Waals surface area contributed by atoms with E-state index in [1.54, 1.807) is 0 Å². The highest BCUT2D eigenvalue weighted by Crippen LogP contribution is 2.28. The fourth-order valence-corrected chi connectivity index (χ4v) is 1.22. The summed E-state index contributed by atoms with van der Waals surface area (Å²) in [7, 11) is 0. The average molecular weight is 244 g/mol. The van der Waals surface area contributed by atoms with Crippen LogP contribution in [0.2, 0.25) is 10.0 Å². The second kappa shape index (κ2) is 3.07. The Morgan fingerprint density at radius 2 is 1.90 bits per heavy atom. The maximum Gasteiger partial charge on any atom is 0.140 e. The molecule has 1 aromatic carbocycles. The molecule has 0 radical (unpaired) electrons. The van der Waals surface area contributed by atoms with E-state index in [9.17, 15) is 4.39 Å². The summed E-state index contributed by atoms with van der Waals surface area (Å²) in [6.45, 7) is 0. The Labute approximate surface area is 76.1 Å². The molecule has 0 heterocycles. The van der Waals surface area contributed by atoms with Crippen molar-refractivity contribution in [2.24, 2.45) is 0 Å². The molecule has 1 rings (SSSR count). The monoisotopic (exact) mass is 242 g/mol. The number of halogens is 4. The first-order valence-corrected chi connectivity index (χ1v) is 3.96. The van der Waals surface area contributed by atoms with Crippen LogP contribution < -0.4 is 0 Å². The van der Waals surface area contributed by atoms with Gasteiger partial charge in [-0.05, 0) is 28.1 Å². The van der Waals surface area contributed by atoms with E-state index < -0.39 is 5.82 Å². The quantitative estimate of drug-likeness (QED) is 0.479. The number of benzene rings is 1. The van der Waals surface area contributed by atoms with Crippen molar-refractivity contribution in [1.82, 2.24) is 0 Å². The van der Waals surface area contributed by atoms with Gasteiger partial charge in [0, 0.05) is 5.02 Å². The number of hydrogen-bond donors (Lipinski definition) is 0. The topological polar surface area (TPSA) is 0 Å². The van der Waals surface area contributed by atoms with Gasteiger partial charge in [0.05, 0.1) is 9.50 Å². The molecule has 0 aromatic heterocycles. The Morgan fingerprint density at radius 3 is 2.40 bits per heavy atom. The van der Waals surface area contributed by atoms with E-state index in [1.807, 2.05) is 0 Å². The summed E-state index contributed by atoms with van der Waals surface area (Å²) in [5.74, 6) is -0.447. The summed E-state index contributed by atoms with van der Waals surface area (Å²) in [6.07, 6.45) is 0. The molecule has 0 saturated carbocycles. The molecule has 0 spiro atoms. The van der Waals surface area contributed by atoms with Crippen LogP contribution in [-0.2, 0) is 0 Å². The van der Waals surface area contributed by atoms with Crippen molar-refractivity contribution in [3.05, 3.63) is 32.5 Å². The molecule has 0 unspecified atom stereocenters. The van der Waals surface area contributed by atoms with E-state index >= 15 is 0 Å². The molecule has 1 aromatic rings. The van der Waals surface area contributed by atoms with Crippen LogP contribution >= 0.6 is 39.1 Å². The molecule has 4 heteroatoms. The molecule has 0 atom stereocenters. The van der Waals surface area contributed by atoms with Gasteiger partial charge in [-0.15, -0.1) is 0 Å². The lowest BCUT2D eigenvalue weighted by Gasteiger charge is -1.96. The van der Waals surface area contributed by atoms with Crippen molar-refractivity contribution in [2.45, 2.75) is 0 Å². The average Bonchev–Trinajstić information content (AvgIpc) is 1.82. The maximum absolute atomic E-state index is 12.6. The van der Waals surface area contributed by atoms with E-state index in [0.717, 1.165) is 0 Å². The van der Waals surface area contributed by atoms with Gasteiger partial charge in [0.25, 0.3) is 0 Å². The molecular weight excluding hydrogens is 242 g/mol. The van der Waals surface area contributed by atoms with E-state index in [4.69, 9.17) is 23.2 Å². The lowest BCUT2D eigenvalue weighted by atomic mass is 10.3. The van der Waals surface area contributed by atoms with Crippen molar-refractivity contribution in [2.75, 3.05) is 0 Å². The molecule has 0 aliphatic heterocycles. The van der Waals surface area contributed by atoms with Crippen LogP contribution in [0.15, 0.2) is 16.6 Å². The molecule has 0 amide bonds. The lowest BCUT2D eigenvalue weighted by Crippen LogP contribution is -1.77. The van der Waals surface area contributed by atoms with Gasteiger partial charge >= 0.3 is 0 Å². The molecule has 10 heavy (non-hydrogen) atoms. The highest BCUT2D eigenvalue weighted by atomic mass is 79.9. The van der Waals surface area contributed by atoms with Crippen LogP contribution in [0.3, 0.4) is 0 Å². The van der Waals surface area contributed by atoms with E-state index in [0.29, 0.717) is 5.02 Å². The van der Waals surface area contributed by atoms with Crippen molar-refractivity contribution in [3.8, 4) is 0 Å². The third kappa shape index (κ3) is 1.62. The van der Waals surface area contributed by atoms with Crippen LogP contribution in [0.1, 0.15) is 0 Å². The maximum atomic E-state index is 12.6. The van der Waals surface area contributed by atoms with Crippen LogP contribution in [0.5, 0.6) is 0 Å². The predicted octanol–water partition coefficient (Wildman–Crippen LogP) is 3.89. The fraction of sp³-hybridized carbons (Fsp3) is 0. The highest BCUT2D eigenvalue weighted by molar-refractivity contribution is 9.10. The van der Waals surface area contributed by atoms with Crippen molar-refractivity contribution >= 4 is 39.1 Å². The highest BCUT2D eigenvalue weighted by Gasteiger charge is 2.04. The predicted molar refractivity (Wildman–Crippen MR) is 44.1 cm³/mol. The van der Waals surface area contributed by atoms with Gasteiger partial charge in [0.2, 0.25) is 0 Å². The molecule has 54 valence electrons. The zero-order chi connectivity index (χ0) is 7.72. The number of hydrogen-bond acceptors (Lipinski definition) is 0. The van der Waals surface area contributed by atoms with Gasteiger partial charge in [0.15, 0.2) is 0 Å². The molecular formula is C6H2BrCl2F. The van der Waals surface area contributed by atoms with Gasteiger partial charge in [-0.25, -0.2) is 4.39 Å².